The highest BCUT2D eigenvalue weighted by atomic mass is 16.5. The van der Waals surface area contributed by atoms with Crippen molar-refractivity contribution in [3.05, 3.63) is 48.3 Å². The lowest BCUT2D eigenvalue weighted by Crippen LogP contribution is -2.32. The Morgan fingerprint density at radius 2 is 2.30 bits per heavy atom. The minimum atomic E-state index is 0.584. The highest BCUT2D eigenvalue weighted by Crippen LogP contribution is 2.22. The molecule has 0 saturated carbocycles. The Morgan fingerprint density at radius 1 is 1.35 bits per heavy atom. The fourth-order valence-electron chi connectivity index (χ4n) is 2.94. The van der Waals surface area contributed by atoms with Gasteiger partial charge in [-0.3, -0.25) is 9.58 Å². The van der Waals surface area contributed by atoms with E-state index in [4.69, 9.17) is 4.74 Å². The number of ether oxygens (including phenoxy) is 1. The van der Waals surface area contributed by atoms with Gasteiger partial charge >= 0.3 is 0 Å². The zero-order valence-corrected chi connectivity index (χ0v) is 11.9. The van der Waals surface area contributed by atoms with E-state index in [1.54, 1.807) is 7.11 Å². The number of hydrogen-bond acceptors (Lipinski definition) is 3. The molecule has 2 aromatic rings. The minimum Gasteiger partial charge on any atom is -0.497 e. The molecule has 1 fully saturated rings. The third-order valence-electron chi connectivity index (χ3n) is 3.98. The third kappa shape index (κ3) is 3.02. The summed E-state index contributed by atoms with van der Waals surface area (Å²) in [6.45, 7) is 3.14. The Kier molecular flexibility index (Phi) is 4.02. The molecule has 1 atom stereocenters. The van der Waals surface area contributed by atoms with Gasteiger partial charge in [0, 0.05) is 25.0 Å². The second-order valence-corrected chi connectivity index (χ2v) is 5.35. The molecule has 20 heavy (non-hydrogen) atoms. The maximum absolute atomic E-state index is 5.30. The summed E-state index contributed by atoms with van der Waals surface area (Å²) in [5.74, 6) is 0.935. The Hall–Kier alpha value is -1.81. The predicted molar refractivity (Wildman–Crippen MR) is 78.7 cm³/mol. The molecule has 106 valence electrons. The van der Waals surface area contributed by atoms with Gasteiger partial charge in [-0.25, -0.2) is 0 Å². The molecule has 0 radical (unpaired) electrons. The molecule has 1 aromatic heterocycles. The van der Waals surface area contributed by atoms with E-state index in [2.05, 4.69) is 28.2 Å². The molecule has 4 heteroatoms. The van der Waals surface area contributed by atoms with Crippen molar-refractivity contribution in [2.75, 3.05) is 13.7 Å². The smallest absolute Gasteiger partial charge is 0.119 e. The van der Waals surface area contributed by atoms with Gasteiger partial charge in [-0.1, -0.05) is 12.1 Å². The molecule has 0 spiro atoms. The first-order valence-corrected chi connectivity index (χ1v) is 7.19. The average molecular weight is 271 g/mol. The van der Waals surface area contributed by atoms with Gasteiger partial charge in [-0.05, 0) is 43.1 Å². The van der Waals surface area contributed by atoms with Crippen LogP contribution >= 0.6 is 0 Å². The van der Waals surface area contributed by atoms with E-state index in [-0.39, 0.29) is 0 Å². The maximum atomic E-state index is 5.30. The van der Waals surface area contributed by atoms with Crippen molar-refractivity contribution in [2.24, 2.45) is 0 Å². The first-order valence-electron chi connectivity index (χ1n) is 7.19. The van der Waals surface area contributed by atoms with Gasteiger partial charge in [0.2, 0.25) is 0 Å². The molecule has 1 aliphatic heterocycles. The molecule has 2 heterocycles. The normalized spacial score (nSPS) is 19.4. The Labute approximate surface area is 120 Å². The molecule has 1 aliphatic rings. The zero-order valence-electron chi connectivity index (χ0n) is 11.9. The fraction of sp³-hybridized carbons (Fsp3) is 0.438. The molecule has 0 bridgehead atoms. The maximum Gasteiger partial charge on any atom is 0.119 e. The summed E-state index contributed by atoms with van der Waals surface area (Å²) >= 11 is 0. The van der Waals surface area contributed by atoms with Crippen molar-refractivity contribution in [1.82, 2.24) is 14.7 Å². The largest absolute Gasteiger partial charge is 0.497 e. The van der Waals surface area contributed by atoms with Crippen LogP contribution in [0, 0.1) is 0 Å². The predicted octanol–water partition coefficient (Wildman–Crippen LogP) is 2.56. The molecular formula is C16H21N3O. The van der Waals surface area contributed by atoms with Gasteiger partial charge in [0.15, 0.2) is 0 Å². The molecule has 3 rings (SSSR count). The lowest BCUT2D eigenvalue weighted by Gasteiger charge is -2.24. The van der Waals surface area contributed by atoms with Crippen molar-refractivity contribution in [2.45, 2.75) is 32.0 Å². The van der Waals surface area contributed by atoms with Crippen LogP contribution in [0.4, 0.5) is 0 Å². The number of benzene rings is 1. The van der Waals surface area contributed by atoms with E-state index in [1.165, 1.54) is 24.9 Å². The molecule has 1 saturated heterocycles. The number of aromatic nitrogens is 2. The van der Waals surface area contributed by atoms with Crippen molar-refractivity contribution in [3.8, 4) is 5.75 Å². The molecular weight excluding hydrogens is 250 g/mol. The van der Waals surface area contributed by atoms with E-state index in [0.717, 1.165) is 18.8 Å². The van der Waals surface area contributed by atoms with Crippen molar-refractivity contribution < 1.29 is 4.74 Å². The summed E-state index contributed by atoms with van der Waals surface area (Å²) in [5, 5.41) is 4.32. The van der Waals surface area contributed by atoms with Crippen molar-refractivity contribution in [3.63, 3.8) is 0 Å². The summed E-state index contributed by atoms with van der Waals surface area (Å²) in [5.41, 5.74) is 1.32. The summed E-state index contributed by atoms with van der Waals surface area (Å²) in [4.78, 5) is 2.55. The standard InChI is InChI=1S/C16H21N3O/c1-20-16-7-2-5-14(11-16)12-18-9-3-6-15(18)13-19-10-4-8-17-19/h2,4-5,7-8,10-11,15H,3,6,9,12-13H2,1H3/t15-/m0/s1. The second-order valence-electron chi connectivity index (χ2n) is 5.35. The van der Waals surface area contributed by atoms with E-state index in [9.17, 15) is 0 Å². The van der Waals surface area contributed by atoms with Gasteiger partial charge in [0.1, 0.15) is 5.75 Å². The van der Waals surface area contributed by atoms with Gasteiger partial charge in [-0.2, -0.15) is 5.10 Å². The molecule has 0 N–H and O–H groups in total. The molecule has 1 aromatic carbocycles. The number of rotatable bonds is 5. The monoisotopic (exact) mass is 271 g/mol. The summed E-state index contributed by atoms with van der Waals surface area (Å²) in [6, 6.07) is 10.9. The third-order valence-corrected chi connectivity index (χ3v) is 3.98. The summed E-state index contributed by atoms with van der Waals surface area (Å²) < 4.78 is 7.34. The topological polar surface area (TPSA) is 30.3 Å². The van der Waals surface area contributed by atoms with Crippen LogP contribution in [-0.2, 0) is 13.1 Å². The van der Waals surface area contributed by atoms with Crippen LogP contribution in [0.15, 0.2) is 42.7 Å². The fourth-order valence-corrected chi connectivity index (χ4v) is 2.94. The van der Waals surface area contributed by atoms with Crippen LogP contribution in [0.3, 0.4) is 0 Å². The molecule has 4 nitrogen and oxygen atoms in total. The van der Waals surface area contributed by atoms with Crippen molar-refractivity contribution >= 4 is 0 Å². The van der Waals surface area contributed by atoms with Gasteiger partial charge in [0.25, 0.3) is 0 Å². The number of hydrogen-bond donors (Lipinski definition) is 0. The molecule has 0 unspecified atom stereocenters. The number of methoxy groups -OCH3 is 1. The highest BCUT2D eigenvalue weighted by molar-refractivity contribution is 5.28. The van der Waals surface area contributed by atoms with E-state index >= 15 is 0 Å². The van der Waals surface area contributed by atoms with Crippen LogP contribution in [0.5, 0.6) is 5.75 Å². The van der Waals surface area contributed by atoms with Crippen LogP contribution in [0.1, 0.15) is 18.4 Å². The summed E-state index contributed by atoms with van der Waals surface area (Å²) in [7, 11) is 1.72. The first kappa shape index (κ1) is 13.2. The highest BCUT2D eigenvalue weighted by Gasteiger charge is 2.24. The Bertz CT molecular complexity index is 538. The lowest BCUT2D eigenvalue weighted by molar-refractivity contribution is 0.219. The van der Waals surface area contributed by atoms with Crippen LogP contribution in [-0.4, -0.2) is 34.4 Å². The van der Waals surface area contributed by atoms with Crippen LogP contribution in [0.25, 0.3) is 0 Å². The van der Waals surface area contributed by atoms with Gasteiger partial charge in [-0.15, -0.1) is 0 Å². The van der Waals surface area contributed by atoms with Gasteiger partial charge < -0.3 is 4.74 Å². The number of nitrogens with zero attached hydrogens (tertiary/aromatic N) is 3. The quantitative estimate of drug-likeness (QED) is 0.837. The minimum absolute atomic E-state index is 0.584. The van der Waals surface area contributed by atoms with Crippen LogP contribution < -0.4 is 4.74 Å². The molecule has 0 aliphatic carbocycles. The molecule has 0 amide bonds. The number of likely N-dealkylation sites (tertiary alicyclic amines) is 1. The lowest BCUT2D eigenvalue weighted by atomic mass is 10.1. The Morgan fingerprint density at radius 3 is 3.10 bits per heavy atom. The SMILES string of the molecule is COc1cccc(CN2CCC[C@H]2Cn2cccn2)c1. The van der Waals surface area contributed by atoms with E-state index < -0.39 is 0 Å². The summed E-state index contributed by atoms with van der Waals surface area (Å²) in [6.07, 6.45) is 6.42. The van der Waals surface area contributed by atoms with E-state index in [1.807, 2.05) is 29.2 Å². The second kappa shape index (κ2) is 6.09. The zero-order chi connectivity index (χ0) is 13.8. The van der Waals surface area contributed by atoms with Gasteiger partial charge in [0.05, 0.1) is 13.7 Å². The van der Waals surface area contributed by atoms with Crippen LogP contribution in [0.2, 0.25) is 0 Å². The first-order chi connectivity index (χ1) is 9.85. The van der Waals surface area contributed by atoms with E-state index in [0.29, 0.717) is 6.04 Å². The van der Waals surface area contributed by atoms with Crippen molar-refractivity contribution in [1.29, 1.82) is 0 Å². The Balaban J connectivity index is 1.66. The average Bonchev–Trinajstić information content (AvgIpc) is 3.12.